The molecule has 1 atom stereocenters. The molecule has 2 aliphatic rings. The molecule has 3 amide bonds. The van der Waals surface area contributed by atoms with E-state index in [4.69, 9.17) is 9.47 Å². The second-order valence-electron chi connectivity index (χ2n) is 10.8. The maximum atomic E-state index is 13.0. The van der Waals surface area contributed by atoms with Crippen LogP contribution < -0.4 is 11.0 Å². The lowest BCUT2D eigenvalue weighted by Crippen LogP contribution is -2.50. The van der Waals surface area contributed by atoms with Crippen molar-refractivity contribution < 1.29 is 23.9 Å². The third-order valence-corrected chi connectivity index (χ3v) is 6.95. The summed E-state index contributed by atoms with van der Waals surface area (Å²) in [7, 11) is 3.48. The summed E-state index contributed by atoms with van der Waals surface area (Å²) in [5.74, 6) is -0.740. The van der Waals surface area contributed by atoms with Gasteiger partial charge in [0, 0.05) is 33.2 Å². The van der Waals surface area contributed by atoms with Gasteiger partial charge < -0.3 is 14.4 Å². The van der Waals surface area contributed by atoms with Crippen LogP contribution in [0.2, 0.25) is 0 Å². The number of hydrogen-bond acceptors (Lipinski definition) is 6. The summed E-state index contributed by atoms with van der Waals surface area (Å²) >= 11 is 0. The normalized spacial score (nSPS) is 22.3. The lowest BCUT2D eigenvalue weighted by atomic mass is 9.88. The van der Waals surface area contributed by atoms with Gasteiger partial charge in [-0.25, -0.2) is 9.59 Å². The van der Waals surface area contributed by atoms with Crippen LogP contribution in [0.1, 0.15) is 64.5 Å². The van der Waals surface area contributed by atoms with Crippen LogP contribution in [0.5, 0.6) is 0 Å². The van der Waals surface area contributed by atoms with Crippen molar-refractivity contribution >= 4 is 28.9 Å². The number of aromatic nitrogens is 2. The first-order chi connectivity index (χ1) is 17.0. The summed E-state index contributed by atoms with van der Waals surface area (Å²) in [6, 6.07) is 5.16. The van der Waals surface area contributed by atoms with Crippen LogP contribution in [0.4, 0.5) is 4.79 Å². The summed E-state index contributed by atoms with van der Waals surface area (Å²) < 4.78 is 14.5. The molecule has 0 radical (unpaired) electrons. The molecule has 1 N–H and O–H groups in total. The summed E-state index contributed by atoms with van der Waals surface area (Å²) in [4.78, 5) is 50.9. The van der Waals surface area contributed by atoms with Crippen molar-refractivity contribution in [2.45, 2.75) is 83.1 Å². The molecule has 10 heteroatoms. The Morgan fingerprint density at radius 3 is 2.58 bits per heavy atom. The third-order valence-electron chi connectivity index (χ3n) is 6.95. The highest BCUT2D eigenvalue weighted by Gasteiger charge is 2.36. The molecule has 196 valence electrons. The zero-order chi connectivity index (χ0) is 26.2. The van der Waals surface area contributed by atoms with E-state index in [2.05, 4.69) is 5.32 Å². The number of nitrogens with zero attached hydrogens (tertiary/aromatic N) is 3. The molecule has 2 fully saturated rings. The van der Waals surface area contributed by atoms with E-state index in [-0.39, 0.29) is 36.3 Å². The standard InChI is InChI=1S/C26H36N4O6/c1-26(2,3)36-25(34)28(4)17-14-18(15-17)35-13-7-9-16-8-6-10-19-22(16)29(5)24(33)30(19)20-11-12-21(31)27-23(20)32/h6,8,10,17-18,20H,7,9,11-15H2,1-5H3,(H,27,31,32). The van der Waals surface area contributed by atoms with Crippen LogP contribution in [-0.4, -0.2) is 63.3 Å². The Kier molecular flexibility index (Phi) is 7.26. The van der Waals surface area contributed by atoms with Crippen LogP contribution in [-0.2, 0) is 32.5 Å². The van der Waals surface area contributed by atoms with Gasteiger partial charge in [-0.05, 0) is 64.5 Å². The van der Waals surface area contributed by atoms with E-state index in [1.54, 1.807) is 23.6 Å². The van der Waals surface area contributed by atoms with Gasteiger partial charge in [0.1, 0.15) is 11.6 Å². The Morgan fingerprint density at radius 1 is 1.19 bits per heavy atom. The van der Waals surface area contributed by atoms with Crippen LogP contribution in [0.3, 0.4) is 0 Å². The predicted molar refractivity (Wildman–Crippen MR) is 134 cm³/mol. The van der Waals surface area contributed by atoms with Crippen molar-refractivity contribution in [2.75, 3.05) is 13.7 Å². The zero-order valence-electron chi connectivity index (χ0n) is 21.7. The van der Waals surface area contributed by atoms with Gasteiger partial charge in [0.25, 0.3) is 0 Å². The van der Waals surface area contributed by atoms with E-state index in [0.717, 1.165) is 36.8 Å². The number of ether oxygens (including phenoxy) is 2. The molecule has 1 saturated heterocycles. The number of imide groups is 1. The van der Waals surface area contributed by atoms with Crippen molar-refractivity contribution in [3.63, 3.8) is 0 Å². The van der Waals surface area contributed by atoms with Gasteiger partial charge in [-0.2, -0.15) is 0 Å². The van der Waals surface area contributed by atoms with E-state index < -0.39 is 17.6 Å². The number of rotatable bonds is 7. The largest absolute Gasteiger partial charge is 0.444 e. The Morgan fingerprint density at radius 2 is 1.92 bits per heavy atom. The maximum Gasteiger partial charge on any atom is 0.410 e. The second kappa shape index (κ2) is 10.1. The fourth-order valence-electron chi connectivity index (χ4n) is 4.94. The maximum absolute atomic E-state index is 13.0. The molecule has 0 spiro atoms. The second-order valence-corrected chi connectivity index (χ2v) is 10.8. The molecule has 36 heavy (non-hydrogen) atoms. The quantitative estimate of drug-likeness (QED) is 0.462. The van der Waals surface area contributed by atoms with Crippen molar-refractivity contribution in [3.05, 3.63) is 34.2 Å². The number of piperidine rings is 1. The first-order valence-electron chi connectivity index (χ1n) is 12.6. The molecular weight excluding hydrogens is 464 g/mol. The number of fused-ring (bicyclic) bond motifs is 1. The number of imidazole rings is 1. The Hall–Kier alpha value is -3.14. The Balaban J connectivity index is 1.33. The molecule has 1 aliphatic carbocycles. The van der Waals surface area contributed by atoms with Gasteiger partial charge in [-0.1, -0.05) is 12.1 Å². The molecule has 2 heterocycles. The minimum atomic E-state index is -0.692. The first kappa shape index (κ1) is 25.9. The molecule has 1 aliphatic heterocycles. The Labute approximate surface area is 210 Å². The predicted octanol–water partition coefficient (Wildman–Crippen LogP) is 2.66. The van der Waals surface area contributed by atoms with Crippen molar-refractivity contribution in [1.82, 2.24) is 19.4 Å². The molecule has 1 aromatic carbocycles. The topological polar surface area (TPSA) is 112 Å². The van der Waals surface area contributed by atoms with E-state index in [9.17, 15) is 19.2 Å². The number of benzene rings is 1. The van der Waals surface area contributed by atoms with E-state index in [1.165, 1.54) is 4.57 Å². The molecule has 1 unspecified atom stereocenters. The molecule has 10 nitrogen and oxygen atoms in total. The minimum Gasteiger partial charge on any atom is -0.444 e. The fraction of sp³-hybridized carbons (Fsp3) is 0.615. The van der Waals surface area contributed by atoms with Gasteiger partial charge in [-0.15, -0.1) is 0 Å². The van der Waals surface area contributed by atoms with E-state index >= 15 is 0 Å². The van der Waals surface area contributed by atoms with Gasteiger partial charge in [-0.3, -0.25) is 24.0 Å². The minimum absolute atomic E-state index is 0.119. The summed E-state index contributed by atoms with van der Waals surface area (Å²) in [5.41, 5.74) is 1.73. The highest BCUT2D eigenvalue weighted by Crippen LogP contribution is 2.29. The number of amides is 3. The van der Waals surface area contributed by atoms with Crippen LogP contribution in [0.25, 0.3) is 11.0 Å². The number of carbonyl (C=O) groups excluding carboxylic acids is 3. The van der Waals surface area contributed by atoms with Gasteiger partial charge in [0.05, 0.1) is 17.1 Å². The van der Waals surface area contributed by atoms with Crippen molar-refractivity contribution in [1.29, 1.82) is 0 Å². The number of hydrogen-bond donors (Lipinski definition) is 1. The van der Waals surface area contributed by atoms with Crippen LogP contribution in [0, 0.1) is 0 Å². The average Bonchev–Trinajstić information content (AvgIpc) is 3.02. The first-order valence-corrected chi connectivity index (χ1v) is 12.6. The van der Waals surface area contributed by atoms with Gasteiger partial charge in [0.2, 0.25) is 11.8 Å². The molecular formula is C26H36N4O6. The van der Waals surface area contributed by atoms with Crippen LogP contribution in [0.15, 0.2) is 23.0 Å². The number of aryl methyl sites for hydroxylation is 2. The molecule has 4 rings (SSSR count). The fourth-order valence-corrected chi connectivity index (χ4v) is 4.94. The average molecular weight is 501 g/mol. The van der Waals surface area contributed by atoms with Gasteiger partial charge >= 0.3 is 11.8 Å². The lowest BCUT2D eigenvalue weighted by Gasteiger charge is -2.41. The Bertz CT molecular complexity index is 1220. The van der Waals surface area contributed by atoms with Crippen molar-refractivity contribution in [2.24, 2.45) is 7.05 Å². The summed E-state index contributed by atoms with van der Waals surface area (Å²) in [5, 5.41) is 2.34. The third kappa shape index (κ3) is 5.33. The monoisotopic (exact) mass is 500 g/mol. The summed E-state index contributed by atoms with van der Waals surface area (Å²) in [6.07, 6.45) is 3.41. The van der Waals surface area contributed by atoms with E-state index in [1.807, 2.05) is 39.0 Å². The number of para-hydroxylation sites is 1. The molecule has 1 saturated carbocycles. The highest BCUT2D eigenvalue weighted by molar-refractivity contribution is 6.00. The van der Waals surface area contributed by atoms with Crippen LogP contribution >= 0.6 is 0 Å². The summed E-state index contributed by atoms with van der Waals surface area (Å²) in [6.45, 7) is 6.14. The smallest absolute Gasteiger partial charge is 0.410 e. The van der Waals surface area contributed by atoms with Crippen molar-refractivity contribution in [3.8, 4) is 0 Å². The lowest BCUT2D eigenvalue weighted by molar-refractivity contribution is -0.135. The number of carbonyl (C=O) groups is 3. The van der Waals surface area contributed by atoms with Gasteiger partial charge in [0.15, 0.2) is 0 Å². The molecule has 1 aromatic heterocycles. The molecule has 2 aromatic rings. The number of nitrogens with one attached hydrogen (secondary N) is 1. The zero-order valence-corrected chi connectivity index (χ0v) is 21.7. The highest BCUT2D eigenvalue weighted by atomic mass is 16.6. The van der Waals surface area contributed by atoms with E-state index in [0.29, 0.717) is 18.5 Å². The SMILES string of the molecule is CN(C(=O)OC(C)(C)C)C1CC(OCCCc2cccc3c2n(C)c(=O)n3C2CCC(=O)NC2=O)C1. The molecule has 0 bridgehead atoms.